The zero-order chi connectivity index (χ0) is 14.8. The molecule has 110 valence electrons. The average molecular weight is 303 g/mol. The summed E-state index contributed by atoms with van der Waals surface area (Å²) in [5.74, 6) is 1.17. The van der Waals surface area contributed by atoms with E-state index in [1.807, 2.05) is 31.2 Å². The normalized spacial score (nSPS) is 17.5. The highest BCUT2D eigenvalue weighted by Crippen LogP contribution is 2.36. The molecule has 1 atom stereocenters. The van der Waals surface area contributed by atoms with Crippen LogP contribution in [-0.4, -0.2) is 10.9 Å². The number of phenolic OH excluding ortho intramolecular Hbond substituents is 1. The maximum absolute atomic E-state index is 13.5. The van der Waals surface area contributed by atoms with Gasteiger partial charge >= 0.3 is 0 Å². The minimum atomic E-state index is -0.193. The van der Waals surface area contributed by atoms with Crippen LogP contribution in [0.1, 0.15) is 29.2 Å². The second kappa shape index (κ2) is 6.08. The fraction of sp³-hybridized carbons (Fsp3) is 0.294. The molecule has 0 fully saturated rings. The summed E-state index contributed by atoms with van der Waals surface area (Å²) in [4.78, 5) is 1.15. The molecule has 3 rings (SSSR count). The van der Waals surface area contributed by atoms with Crippen molar-refractivity contribution in [1.82, 2.24) is 5.32 Å². The molecule has 2 N–H and O–H groups in total. The van der Waals surface area contributed by atoms with Crippen molar-refractivity contribution in [3.8, 4) is 5.75 Å². The number of nitrogens with one attached hydrogen (secondary N) is 1. The molecule has 0 bridgehead atoms. The van der Waals surface area contributed by atoms with Crippen molar-refractivity contribution in [1.29, 1.82) is 0 Å². The number of benzene rings is 2. The Balaban J connectivity index is 1.78. The van der Waals surface area contributed by atoms with E-state index < -0.39 is 0 Å². The quantitative estimate of drug-likeness (QED) is 0.892. The van der Waals surface area contributed by atoms with E-state index in [9.17, 15) is 9.50 Å². The number of hydrogen-bond donors (Lipinski definition) is 2. The lowest BCUT2D eigenvalue weighted by molar-refractivity contribution is 0.449. The molecule has 2 aromatic rings. The van der Waals surface area contributed by atoms with Crippen LogP contribution < -0.4 is 5.32 Å². The summed E-state index contributed by atoms with van der Waals surface area (Å²) in [6.45, 7) is 2.47. The largest absolute Gasteiger partial charge is 0.507 e. The van der Waals surface area contributed by atoms with Crippen molar-refractivity contribution in [2.75, 3.05) is 5.75 Å². The van der Waals surface area contributed by atoms with Crippen LogP contribution in [0.3, 0.4) is 0 Å². The van der Waals surface area contributed by atoms with Gasteiger partial charge in [-0.3, -0.25) is 0 Å². The average Bonchev–Trinajstić information content (AvgIpc) is 2.49. The van der Waals surface area contributed by atoms with Gasteiger partial charge in [-0.1, -0.05) is 18.2 Å². The Bertz CT molecular complexity index is 659. The van der Waals surface area contributed by atoms with Gasteiger partial charge in [0.05, 0.1) is 0 Å². The van der Waals surface area contributed by atoms with Gasteiger partial charge in [0.15, 0.2) is 0 Å². The van der Waals surface area contributed by atoms with Gasteiger partial charge < -0.3 is 10.4 Å². The molecule has 0 saturated heterocycles. The van der Waals surface area contributed by atoms with Crippen molar-refractivity contribution in [3.63, 3.8) is 0 Å². The number of aromatic hydroxyl groups is 1. The molecule has 2 aromatic carbocycles. The van der Waals surface area contributed by atoms with Gasteiger partial charge in [-0.15, -0.1) is 11.8 Å². The Labute approximate surface area is 128 Å². The molecule has 0 spiro atoms. The summed E-state index contributed by atoms with van der Waals surface area (Å²) >= 11 is 1.77. The van der Waals surface area contributed by atoms with Crippen LogP contribution in [-0.2, 0) is 6.54 Å². The molecule has 1 aliphatic rings. The molecule has 1 aliphatic heterocycles. The van der Waals surface area contributed by atoms with Gasteiger partial charge in [0.1, 0.15) is 11.6 Å². The molecular formula is C17H18FNOS. The van der Waals surface area contributed by atoms with E-state index >= 15 is 0 Å². The van der Waals surface area contributed by atoms with Crippen molar-refractivity contribution in [2.45, 2.75) is 30.8 Å². The van der Waals surface area contributed by atoms with Gasteiger partial charge in [0.2, 0.25) is 0 Å². The van der Waals surface area contributed by atoms with Crippen molar-refractivity contribution in [2.24, 2.45) is 0 Å². The Morgan fingerprint density at radius 3 is 3.05 bits per heavy atom. The van der Waals surface area contributed by atoms with Crippen LogP contribution in [0.25, 0.3) is 0 Å². The molecule has 2 nitrogen and oxygen atoms in total. The SMILES string of the molecule is Cc1cccc(CNC2CCSc3ccc(F)cc32)c1O. The maximum Gasteiger partial charge on any atom is 0.123 e. The lowest BCUT2D eigenvalue weighted by Gasteiger charge is -2.26. The van der Waals surface area contributed by atoms with E-state index in [4.69, 9.17) is 0 Å². The fourth-order valence-corrected chi connectivity index (χ4v) is 3.78. The molecule has 1 unspecified atom stereocenters. The third kappa shape index (κ3) is 3.06. The molecule has 1 heterocycles. The molecule has 0 aromatic heterocycles. The molecule has 21 heavy (non-hydrogen) atoms. The highest BCUT2D eigenvalue weighted by molar-refractivity contribution is 7.99. The van der Waals surface area contributed by atoms with Gasteiger partial charge in [-0.25, -0.2) is 4.39 Å². The number of rotatable bonds is 3. The number of thioether (sulfide) groups is 1. The predicted molar refractivity (Wildman–Crippen MR) is 84.2 cm³/mol. The maximum atomic E-state index is 13.5. The summed E-state index contributed by atoms with van der Waals surface area (Å²) in [5, 5.41) is 13.5. The Morgan fingerprint density at radius 1 is 1.33 bits per heavy atom. The highest BCUT2D eigenvalue weighted by Gasteiger charge is 2.21. The Morgan fingerprint density at radius 2 is 2.19 bits per heavy atom. The van der Waals surface area contributed by atoms with E-state index in [-0.39, 0.29) is 11.9 Å². The summed E-state index contributed by atoms with van der Waals surface area (Å²) in [6.07, 6.45) is 0.966. The number of aryl methyl sites for hydroxylation is 1. The number of phenols is 1. The number of para-hydroxylation sites is 1. The van der Waals surface area contributed by atoms with E-state index in [1.165, 1.54) is 6.07 Å². The van der Waals surface area contributed by atoms with Crippen LogP contribution in [0.15, 0.2) is 41.3 Å². The first-order valence-electron chi connectivity index (χ1n) is 7.08. The standard InChI is InChI=1S/C17H18FNOS/c1-11-3-2-4-12(17(11)20)10-19-15-7-8-21-16-6-5-13(18)9-14(15)16/h2-6,9,15,19-20H,7-8,10H2,1H3. The Kier molecular flexibility index (Phi) is 4.17. The molecule has 0 amide bonds. The van der Waals surface area contributed by atoms with E-state index in [2.05, 4.69) is 5.32 Å². The summed E-state index contributed by atoms with van der Waals surface area (Å²) in [5.41, 5.74) is 2.78. The molecule has 0 saturated carbocycles. The number of hydrogen-bond acceptors (Lipinski definition) is 3. The Hall–Kier alpha value is -1.52. The smallest absolute Gasteiger partial charge is 0.123 e. The van der Waals surface area contributed by atoms with Gasteiger partial charge in [-0.2, -0.15) is 0 Å². The van der Waals surface area contributed by atoms with Crippen molar-refractivity contribution in [3.05, 3.63) is 58.9 Å². The van der Waals surface area contributed by atoms with Crippen molar-refractivity contribution >= 4 is 11.8 Å². The first-order valence-corrected chi connectivity index (χ1v) is 8.07. The van der Waals surface area contributed by atoms with E-state index in [0.717, 1.165) is 33.8 Å². The fourth-order valence-electron chi connectivity index (χ4n) is 2.67. The summed E-state index contributed by atoms with van der Waals surface area (Å²) in [6, 6.07) is 10.9. The molecule has 4 heteroatoms. The van der Waals surface area contributed by atoms with Gasteiger partial charge in [0, 0.05) is 23.0 Å². The number of fused-ring (bicyclic) bond motifs is 1. The van der Waals surface area contributed by atoms with Crippen LogP contribution in [0.2, 0.25) is 0 Å². The lowest BCUT2D eigenvalue weighted by Crippen LogP contribution is -2.24. The summed E-state index contributed by atoms with van der Waals surface area (Å²) < 4.78 is 13.5. The van der Waals surface area contributed by atoms with Crippen LogP contribution in [0, 0.1) is 12.7 Å². The molecular weight excluding hydrogens is 285 g/mol. The van der Waals surface area contributed by atoms with Crippen LogP contribution in [0.4, 0.5) is 4.39 Å². The second-order valence-corrected chi connectivity index (χ2v) is 6.47. The van der Waals surface area contributed by atoms with Gasteiger partial charge in [-0.05, 0) is 48.4 Å². The second-order valence-electron chi connectivity index (χ2n) is 5.34. The van der Waals surface area contributed by atoms with Crippen LogP contribution >= 0.6 is 11.8 Å². The third-order valence-corrected chi connectivity index (χ3v) is 4.99. The monoisotopic (exact) mass is 303 g/mol. The highest BCUT2D eigenvalue weighted by atomic mass is 32.2. The molecule has 0 radical (unpaired) electrons. The predicted octanol–water partition coefficient (Wildman–Crippen LogP) is 4.17. The minimum Gasteiger partial charge on any atom is -0.507 e. The van der Waals surface area contributed by atoms with Crippen molar-refractivity contribution < 1.29 is 9.50 Å². The number of halogens is 1. The van der Waals surface area contributed by atoms with E-state index in [0.29, 0.717) is 12.3 Å². The lowest BCUT2D eigenvalue weighted by atomic mass is 10.0. The zero-order valence-corrected chi connectivity index (χ0v) is 12.7. The topological polar surface area (TPSA) is 32.3 Å². The minimum absolute atomic E-state index is 0.136. The third-order valence-electron chi connectivity index (χ3n) is 3.87. The first kappa shape index (κ1) is 14.4. The van der Waals surface area contributed by atoms with E-state index in [1.54, 1.807) is 17.8 Å². The molecule has 0 aliphatic carbocycles. The van der Waals surface area contributed by atoms with Crippen LogP contribution in [0.5, 0.6) is 5.75 Å². The zero-order valence-electron chi connectivity index (χ0n) is 11.9. The van der Waals surface area contributed by atoms with Gasteiger partial charge in [0.25, 0.3) is 0 Å². The summed E-state index contributed by atoms with van der Waals surface area (Å²) in [7, 11) is 0. The first-order chi connectivity index (χ1) is 10.1.